The van der Waals surface area contributed by atoms with Crippen LogP contribution < -0.4 is 30.0 Å². The maximum Gasteiger partial charge on any atom is 0.257 e. The first-order valence-electron chi connectivity index (χ1n) is 11.7. The van der Waals surface area contributed by atoms with E-state index in [1.165, 1.54) is 25.3 Å². The summed E-state index contributed by atoms with van der Waals surface area (Å²) in [4.78, 5) is 15.1. The number of rotatable bonds is 12. The Labute approximate surface area is 212 Å². The summed E-state index contributed by atoms with van der Waals surface area (Å²) in [6.07, 6.45) is 1.82. The molecule has 3 rings (SSSR count). The van der Waals surface area contributed by atoms with E-state index in [4.69, 9.17) is 24.7 Å². The van der Waals surface area contributed by atoms with E-state index in [2.05, 4.69) is 23.3 Å². The Balaban J connectivity index is 1.51. The zero-order valence-electron chi connectivity index (χ0n) is 21.6. The van der Waals surface area contributed by atoms with E-state index in [1.54, 1.807) is 26.4 Å². The fourth-order valence-corrected chi connectivity index (χ4v) is 3.83. The number of nitrogens with two attached hydrogens (primary N) is 1. The molecule has 0 aromatic heterocycles. The minimum absolute atomic E-state index is 0.309. The zero-order valence-corrected chi connectivity index (χ0v) is 21.6. The molecule has 0 aliphatic rings. The lowest BCUT2D eigenvalue weighted by Crippen LogP contribution is -2.23. The number of anilines is 2. The SMILES string of the molecule is COc1ccc(CCN(C)CCc2ccc(NC(=O)c3cc(OC)c(OC)cc3N)cc2)cc1OC. The summed E-state index contributed by atoms with van der Waals surface area (Å²) in [6, 6.07) is 17.0. The Morgan fingerprint density at radius 3 is 1.89 bits per heavy atom. The van der Waals surface area contributed by atoms with Crippen LogP contribution in [0.1, 0.15) is 21.5 Å². The van der Waals surface area contributed by atoms with Gasteiger partial charge in [-0.15, -0.1) is 0 Å². The van der Waals surface area contributed by atoms with Gasteiger partial charge in [0.15, 0.2) is 23.0 Å². The van der Waals surface area contributed by atoms with Crippen LogP contribution in [0.15, 0.2) is 54.6 Å². The summed E-state index contributed by atoms with van der Waals surface area (Å²) < 4.78 is 21.2. The zero-order chi connectivity index (χ0) is 26.1. The van der Waals surface area contributed by atoms with Gasteiger partial charge in [-0.2, -0.15) is 0 Å². The van der Waals surface area contributed by atoms with Crippen LogP contribution in [0.5, 0.6) is 23.0 Å². The van der Waals surface area contributed by atoms with Gasteiger partial charge in [0.25, 0.3) is 5.91 Å². The molecule has 0 unspecified atom stereocenters. The van der Waals surface area contributed by atoms with Crippen LogP contribution in [-0.2, 0) is 12.8 Å². The third-order valence-corrected chi connectivity index (χ3v) is 6.02. The van der Waals surface area contributed by atoms with Gasteiger partial charge in [-0.3, -0.25) is 4.79 Å². The lowest BCUT2D eigenvalue weighted by molar-refractivity contribution is 0.102. The van der Waals surface area contributed by atoms with Gasteiger partial charge in [0.2, 0.25) is 0 Å². The predicted octanol–water partition coefficient (Wildman–Crippen LogP) is 4.27. The second-order valence-corrected chi connectivity index (χ2v) is 8.44. The fourth-order valence-electron chi connectivity index (χ4n) is 3.83. The Bertz CT molecular complexity index is 1160. The summed E-state index contributed by atoms with van der Waals surface area (Å²) in [6.45, 7) is 1.84. The van der Waals surface area contributed by atoms with Crippen LogP contribution in [0.4, 0.5) is 11.4 Å². The summed E-state index contributed by atoms with van der Waals surface area (Å²) in [7, 11) is 8.44. The molecule has 3 aromatic rings. The van der Waals surface area contributed by atoms with E-state index in [1.807, 2.05) is 36.4 Å². The van der Waals surface area contributed by atoms with E-state index >= 15 is 0 Å². The average Bonchev–Trinajstić information content (AvgIpc) is 2.90. The first kappa shape index (κ1) is 26.7. The normalized spacial score (nSPS) is 10.7. The molecule has 0 bridgehead atoms. The van der Waals surface area contributed by atoms with E-state index in [0.717, 1.165) is 37.4 Å². The molecular formula is C28H35N3O5. The van der Waals surface area contributed by atoms with Crippen molar-refractivity contribution in [3.05, 3.63) is 71.3 Å². The highest BCUT2D eigenvalue weighted by molar-refractivity contribution is 6.08. The van der Waals surface area contributed by atoms with Crippen molar-refractivity contribution in [2.24, 2.45) is 0 Å². The van der Waals surface area contributed by atoms with Crippen molar-refractivity contribution in [2.75, 3.05) is 59.6 Å². The number of hydrogen-bond donors (Lipinski definition) is 2. The van der Waals surface area contributed by atoms with E-state index in [-0.39, 0.29) is 5.91 Å². The van der Waals surface area contributed by atoms with Crippen molar-refractivity contribution in [2.45, 2.75) is 12.8 Å². The van der Waals surface area contributed by atoms with Crippen LogP contribution in [0.3, 0.4) is 0 Å². The molecule has 0 saturated carbocycles. The number of carbonyl (C=O) groups excluding carboxylic acids is 1. The third-order valence-electron chi connectivity index (χ3n) is 6.02. The summed E-state index contributed by atoms with van der Waals surface area (Å²) >= 11 is 0. The van der Waals surface area contributed by atoms with Crippen LogP contribution in [0, 0.1) is 0 Å². The number of hydrogen-bond acceptors (Lipinski definition) is 7. The number of nitrogens with one attached hydrogen (secondary N) is 1. The van der Waals surface area contributed by atoms with E-state index < -0.39 is 0 Å². The van der Waals surface area contributed by atoms with Crippen molar-refractivity contribution in [1.29, 1.82) is 0 Å². The van der Waals surface area contributed by atoms with Gasteiger partial charge in [0, 0.05) is 30.5 Å². The number of carbonyl (C=O) groups is 1. The lowest BCUT2D eigenvalue weighted by atomic mass is 10.1. The number of amides is 1. The number of benzene rings is 3. The Kier molecular flexibility index (Phi) is 9.41. The van der Waals surface area contributed by atoms with Crippen molar-refractivity contribution in [3.63, 3.8) is 0 Å². The number of ether oxygens (including phenoxy) is 4. The highest BCUT2D eigenvalue weighted by Gasteiger charge is 2.15. The monoisotopic (exact) mass is 493 g/mol. The molecule has 1 amide bonds. The smallest absolute Gasteiger partial charge is 0.257 e. The first-order valence-corrected chi connectivity index (χ1v) is 11.7. The van der Waals surface area contributed by atoms with Crippen molar-refractivity contribution < 1.29 is 23.7 Å². The van der Waals surface area contributed by atoms with E-state index in [9.17, 15) is 4.79 Å². The summed E-state index contributed by atoms with van der Waals surface area (Å²) in [5, 5.41) is 2.89. The Morgan fingerprint density at radius 1 is 0.750 bits per heavy atom. The van der Waals surface area contributed by atoms with Gasteiger partial charge in [-0.25, -0.2) is 0 Å². The van der Waals surface area contributed by atoms with Crippen molar-refractivity contribution in [3.8, 4) is 23.0 Å². The Morgan fingerprint density at radius 2 is 1.28 bits per heavy atom. The molecule has 8 heteroatoms. The first-order chi connectivity index (χ1) is 17.4. The maximum atomic E-state index is 12.8. The second-order valence-electron chi connectivity index (χ2n) is 8.44. The molecule has 0 aliphatic heterocycles. The number of likely N-dealkylation sites (N-methyl/N-ethyl adjacent to an activating group) is 1. The van der Waals surface area contributed by atoms with Crippen LogP contribution in [0.25, 0.3) is 0 Å². The molecule has 3 N–H and O–H groups in total. The van der Waals surface area contributed by atoms with Gasteiger partial charge >= 0.3 is 0 Å². The molecule has 0 aliphatic carbocycles. The van der Waals surface area contributed by atoms with Gasteiger partial charge in [-0.1, -0.05) is 18.2 Å². The molecule has 0 heterocycles. The molecule has 0 radical (unpaired) electrons. The minimum atomic E-state index is -0.309. The van der Waals surface area contributed by atoms with Gasteiger partial charge in [-0.05, 0) is 61.3 Å². The molecule has 8 nitrogen and oxygen atoms in total. The topological polar surface area (TPSA) is 95.3 Å². The van der Waals surface area contributed by atoms with E-state index in [0.29, 0.717) is 28.4 Å². The standard InChI is InChI=1S/C28H35N3O5/c1-31(15-13-20-8-11-24(33-2)25(16-20)34-3)14-12-19-6-9-21(10-7-19)30-28(32)22-17-26(35-4)27(36-5)18-23(22)29/h6-11,16-18H,12-15,29H2,1-5H3,(H,30,32). The number of methoxy groups -OCH3 is 4. The molecule has 0 atom stereocenters. The molecule has 0 spiro atoms. The fraction of sp³-hybridized carbons (Fsp3) is 0.321. The molecule has 36 heavy (non-hydrogen) atoms. The number of nitrogens with zero attached hydrogens (tertiary/aromatic N) is 1. The predicted molar refractivity (Wildman–Crippen MR) is 143 cm³/mol. The van der Waals surface area contributed by atoms with Gasteiger partial charge in [0.05, 0.1) is 34.0 Å². The van der Waals surface area contributed by atoms with Crippen LogP contribution in [0.2, 0.25) is 0 Å². The largest absolute Gasteiger partial charge is 0.493 e. The minimum Gasteiger partial charge on any atom is -0.493 e. The molecular weight excluding hydrogens is 458 g/mol. The molecule has 3 aromatic carbocycles. The maximum absolute atomic E-state index is 12.8. The van der Waals surface area contributed by atoms with Gasteiger partial charge < -0.3 is 34.9 Å². The van der Waals surface area contributed by atoms with Crippen molar-refractivity contribution >= 4 is 17.3 Å². The van der Waals surface area contributed by atoms with Gasteiger partial charge in [0.1, 0.15) is 0 Å². The lowest BCUT2D eigenvalue weighted by Gasteiger charge is -2.17. The average molecular weight is 494 g/mol. The highest BCUT2D eigenvalue weighted by atomic mass is 16.5. The highest BCUT2D eigenvalue weighted by Crippen LogP contribution is 2.32. The molecule has 0 saturated heterocycles. The summed E-state index contributed by atoms with van der Waals surface area (Å²) in [5.74, 6) is 2.10. The third kappa shape index (κ3) is 6.82. The second kappa shape index (κ2) is 12.7. The van der Waals surface area contributed by atoms with Crippen LogP contribution in [-0.4, -0.2) is 59.4 Å². The summed E-state index contributed by atoms with van der Waals surface area (Å²) in [5.41, 5.74) is 9.78. The molecule has 192 valence electrons. The quantitative estimate of drug-likeness (QED) is 0.364. The van der Waals surface area contributed by atoms with Crippen LogP contribution >= 0.6 is 0 Å². The molecule has 0 fully saturated rings. The number of nitrogen functional groups attached to an aromatic ring is 1. The van der Waals surface area contributed by atoms with Crippen molar-refractivity contribution in [1.82, 2.24) is 4.90 Å². The Hall–Kier alpha value is -3.91.